The van der Waals surface area contributed by atoms with Crippen LogP contribution >= 0.6 is 23.2 Å². The summed E-state index contributed by atoms with van der Waals surface area (Å²) in [6.45, 7) is 4.85. The minimum atomic E-state index is -0.417. The predicted octanol–water partition coefficient (Wildman–Crippen LogP) is 6.48. The van der Waals surface area contributed by atoms with Gasteiger partial charge in [-0.15, -0.1) is 0 Å². The van der Waals surface area contributed by atoms with Gasteiger partial charge in [-0.05, 0) is 73.0 Å². The molecule has 33 heavy (non-hydrogen) atoms. The standard InChI is InChI=1S/C26H25Cl2NO4/c1-4-32-23-12-17-13-25(30)29(19-9-10-22(31-3)21(28)14-19)26(16-7-6-8-18(27)11-16)20(17)15-24(23)33-5-2/h6-12,14-15,26H,4-5,13H2,1-3H3/t26-/m1/s1. The number of benzene rings is 3. The van der Waals surface area contributed by atoms with Crippen LogP contribution in [0, 0.1) is 0 Å². The Morgan fingerprint density at radius 1 is 0.939 bits per heavy atom. The normalized spacial score (nSPS) is 15.2. The summed E-state index contributed by atoms with van der Waals surface area (Å²) in [5.41, 5.74) is 3.41. The van der Waals surface area contributed by atoms with Gasteiger partial charge in [0.2, 0.25) is 5.91 Å². The molecule has 3 aromatic carbocycles. The Balaban J connectivity index is 1.93. The zero-order valence-electron chi connectivity index (χ0n) is 18.7. The maximum absolute atomic E-state index is 13.5. The average Bonchev–Trinajstić information content (AvgIpc) is 2.79. The molecule has 1 atom stereocenters. The van der Waals surface area contributed by atoms with Crippen LogP contribution in [0.4, 0.5) is 5.69 Å². The molecule has 0 unspecified atom stereocenters. The summed E-state index contributed by atoms with van der Waals surface area (Å²) in [7, 11) is 1.56. The second kappa shape index (κ2) is 9.94. The van der Waals surface area contributed by atoms with Crippen LogP contribution in [0.25, 0.3) is 0 Å². The molecule has 0 N–H and O–H groups in total. The lowest BCUT2D eigenvalue weighted by Gasteiger charge is -2.38. The lowest BCUT2D eigenvalue weighted by atomic mass is 9.86. The van der Waals surface area contributed by atoms with Gasteiger partial charge in [0.05, 0.1) is 37.8 Å². The van der Waals surface area contributed by atoms with Gasteiger partial charge in [-0.3, -0.25) is 4.79 Å². The van der Waals surface area contributed by atoms with Crippen LogP contribution in [-0.2, 0) is 11.2 Å². The molecule has 0 saturated heterocycles. The maximum Gasteiger partial charge on any atom is 0.232 e. The molecule has 1 aliphatic heterocycles. The molecule has 1 amide bonds. The van der Waals surface area contributed by atoms with Crippen molar-refractivity contribution in [1.29, 1.82) is 0 Å². The van der Waals surface area contributed by atoms with E-state index in [4.69, 9.17) is 37.4 Å². The Hall–Kier alpha value is -2.89. The fourth-order valence-corrected chi connectivity index (χ4v) is 4.65. The lowest BCUT2D eigenvalue weighted by molar-refractivity contribution is -0.118. The van der Waals surface area contributed by atoms with Crippen LogP contribution in [0.3, 0.4) is 0 Å². The van der Waals surface area contributed by atoms with Crippen molar-refractivity contribution in [3.05, 3.63) is 81.3 Å². The molecular weight excluding hydrogens is 461 g/mol. The van der Waals surface area contributed by atoms with Crippen molar-refractivity contribution in [2.45, 2.75) is 26.3 Å². The second-order valence-electron chi connectivity index (χ2n) is 7.58. The van der Waals surface area contributed by atoms with Crippen LogP contribution < -0.4 is 19.1 Å². The van der Waals surface area contributed by atoms with Gasteiger partial charge in [-0.1, -0.05) is 35.3 Å². The predicted molar refractivity (Wildman–Crippen MR) is 131 cm³/mol. The molecule has 5 nitrogen and oxygen atoms in total. The molecule has 1 aliphatic rings. The number of hydrogen-bond acceptors (Lipinski definition) is 4. The number of halogens is 2. The lowest BCUT2D eigenvalue weighted by Crippen LogP contribution is -2.41. The summed E-state index contributed by atoms with van der Waals surface area (Å²) in [6.07, 6.45) is 0.225. The van der Waals surface area contributed by atoms with Crippen LogP contribution in [-0.4, -0.2) is 26.2 Å². The number of carbonyl (C=O) groups excluding carboxylic acids is 1. The number of amides is 1. The minimum Gasteiger partial charge on any atom is -0.495 e. The zero-order chi connectivity index (χ0) is 23.5. The molecule has 1 heterocycles. The summed E-state index contributed by atoms with van der Waals surface area (Å²) in [5, 5.41) is 1.02. The van der Waals surface area contributed by atoms with Crippen LogP contribution in [0.2, 0.25) is 10.0 Å². The highest BCUT2D eigenvalue weighted by molar-refractivity contribution is 6.32. The van der Waals surface area contributed by atoms with Gasteiger partial charge in [0.25, 0.3) is 0 Å². The number of anilines is 1. The van der Waals surface area contributed by atoms with E-state index in [2.05, 4.69) is 0 Å². The highest BCUT2D eigenvalue weighted by atomic mass is 35.5. The molecule has 172 valence electrons. The van der Waals surface area contributed by atoms with Crippen LogP contribution in [0.1, 0.15) is 36.6 Å². The molecule has 0 aliphatic carbocycles. The van der Waals surface area contributed by atoms with E-state index in [0.717, 1.165) is 16.7 Å². The number of fused-ring (bicyclic) bond motifs is 1. The van der Waals surface area contributed by atoms with Gasteiger partial charge < -0.3 is 19.1 Å². The monoisotopic (exact) mass is 485 g/mol. The van der Waals surface area contributed by atoms with Gasteiger partial charge in [0, 0.05) is 10.7 Å². The Kier molecular flexibility index (Phi) is 7.01. The van der Waals surface area contributed by atoms with Crippen molar-refractivity contribution in [2.75, 3.05) is 25.2 Å². The van der Waals surface area contributed by atoms with E-state index in [1.807, 2.05) is 56.3 Å². The molecule has 0 radical (unpaired) electrons. The number of nitrogens with zero attached hydrogens (tertiary/aromatic N) is 1. The molecule has 0 saturated carbocycles. The third kappa shape index (κ3) is 4.61. The van der Waals surface area contributed by atoms with E-state index < -0.39 is 6.04 Å². The molecule has 7 heteroatoms. The van der Waals surface area contributed by atoms with E-state index >= 15 is 0 Å². The fraction of sp³-hybridized carbons (Fsp3) is 0.269. The number of rotatable bonds is 7. The van der Waals surface area contributed by atoms with Gasteiger partial charge in [0.1, 0.15) is 5.75 Å². The highest BCUT2D eigenvalue weighted by Gasteiger charge is 2.36. The van der Waals surface area contributed by atoms with Gasteiger partial charge in [-0.25, -0.2) is 0 Å². The second-order valence-corrected chi connectivity index (χ2v) is 8.42. The third-order valence-electron chi connectivity index (χ3n) is 5.55. The minimum absolute atomic E-state index is 0.0553. The first kappa shape index (κ1) is 23.3. The average molecular weight is 486 g/mol. The van der Waals surface area contributed by atoms with Gasteiger partial charge in [0.15, 0.2) is 11.5 Å². The smallest absolute Gasteiger partial charge is 0.232 e. The highest BCUT2D eigenvalue weighted by Crippen LogP contribution is 2.44. The maximum atomic E-state index is 13.5. The molecule has 0 spiro atoms. The van der Waals surface area contributed by atoms with Crippen molar-refractivity contribution < 1.29 is 19.0 Å². The summed E-state index contributed by atoms with van der Waals surface area (Å²) >= 11 is 12.8. The van der Waals surface area contributed by atoms with Crippen molar-refractivity contribution >= 4 is 34.8 Å². The number of carbonyl (C=O) groups is 1. The van der Waals surface area contributed by atoms with Crippen LogP contribution in [0.15, 0.2) is 54.6 Å². The summed E-state index contributed by atoms with van der Waals surface area (Å²) in [4.78, 5) is 15.3. The first-order chi connectivity index (χ1) is 16.0. The summed E-state index contributed by atoms with van der Waals surface area (Å²) in [5.74, 6) is 1.77. The molecule has 4 rings (SSSR count). The van der Waals surface area contributed by atoms with Gasteiger partial charge in [-0.2, -0.15) is 0 Å². The Morgan fingerprint density at radius 2 is 1.67 bits per heavy atom. The van der Waals surface area contributed by atoms with Gasteiger partial charge >= 0.3 is 0 Å². The molecule has 0 bridgehead atoms. The number of methoxy groups -OCH3 is 1. The van der Waals surface area contributed by atoms with E-state index in [9.17, 15) is 4.79 Å². The Bertz CT molecular complexity index is 1180. The van der Waals surface area contributed by atoms with E-state index in [1.54, 1.807) is 24.1 Å². The largest absolute Gasteiger partial charge is 0.495 e. The van der Waals surface area contributed by atoms with E-state index in [0.29, 0.717) is 46.2 Å². The number of ether oxygens (including phenoxy) is 3. The molecule has 3 aromatic rings. The van der Waals surface area contributed by atoms with Crippen molar-refractivity contribution in [1.82, 2.24) is 0 Å². The molecule has 0 aromatic heterocycles. The summed E-state index contributed by atoms with van der Waals surface area (Å²) in [6, 6.07) is 16.4. The SMILES string of the molecule is CCOc1cc2c(cc1OCC)[C@@H](c1cccc(Cl)c1)N(c1ccc(OC)c(Cl)c1)C(=O)C2. The van der Waals surface area contributed by atoms with Crippen molar-refractivity contribution in [3.63, 3.8) is 0 Å². The first-order valence-corrected chi connectivity index (χ1v) is 11.6. The van der Waals surface area contributed by atoms with E-state index in [1.165, 1.54) is 0 Å². The van der Waals surface area contributed by atoms with Crippen molar-refractivity contribution in [3.8, 4) is 17.2 Å². The summed E-state index contributed by atoms with van der Waals surface area (Å²) < 4.78 is 17.0. The third-order valence-corrected chi connectivity index (χ3v) is 6.08. The Morgan fingerprint density at radius 3 is 2.30 bits per heavy atom. The number of hydrogen-bond donors (Lipinski definition) is 0. The topological polar surface area (TPSA) is 48.0 Å². The van der Waals surface area contributed by atoms with Crippen molar-refractivity contribution in [2.24, 2.45) is 0 Å². The quantitative estimate of drug-likeness (QED) is 0.384. The fourth-order valence-electron chi connectivity index (χ4n) is 4.20. The molecular formula is C26H25Cl2NO4. The first-order valence-electron chi connectivity index (χ1n) is 10.8. The van der Waals surface area contributed by atoms with E-state index in [-0.39, 0.29) is 12.3 Å². The van der Waals surface area contributed by atoms with Crippen LogP contribution in [0.5, 0.6) is 17.2 Å². The molecule has 0 fully saturated rings. The Labute approximate surface area is 203 Å². The zero-order valence-corrected chi connectivity index (χ0v) is 20.2.